The van der Waals surface area contributed by atoms with Gasteiger partial charge in [0.1, 0.15) is 5.69 Å². The number of carbonyl (C=O) groups excluding carboxylic acids is 4. The summed E-state index contributed by atoms with van der Waals surface area (Å²) in [6.07, 6.45) is 8.51. The zero-order chi connectivity index (χ0) is 54.0. The largest absolute Gasteiger partial charge is 0.401 e. The van der Waals surface area contributed by atoms with Gasteiger partial charge in [0.2, 0.25) is 24.1 Å². The SMILES string of the molecule is CC(C)C/C(N)=C/N(N)CCOCCOCCOCCOCCOCCn1nnc2c1-c1ccccc1CN(C(=O)CCNC=O)c1ccccc1-2.CCCN1C(=O)CC(SCCCCCCOP(O)OCC)C1=O. The summed E-state index contributed by atoms with van der Waals surface area (Å²) in [6.45, 7) is 15.8. The summed E-state index contributed by atoms with van der Waals surface area (Å²) in [5.74, 6) is 7.17. The first-order chi connectivity index (χ1) is 36.5. The highest BCUT2D eigenvalue weighted by Crippen LogP contribution is 2.41. The Hall–Kier alpha value is -4.58. The van der Waals surface area contributed by atoms with Crippen LogP contribution in [0.4, 0.5) is 5.69 Å². The number of fused-ring (bicyclic) bond motifs is 5. The first-order valence-electron chi connectivity index (χ1n) is 26.1. The number of rotatable bonds is 38. The highest BCUT2D eigenvalue weighted by molar-refractivity contribution is 8.00. The molecule has 2 atom stereocenters. The van der Waals surface area contributed by atoms with Crippen LogP contribution >= 0.6 is 20.4 Å². The van der Waals surface area contributed by atoms with Crippen LogP contribution in [0.15, 0.2) is 60.4 Å². The third kappa shape index (κ3) is 23.3. The first-order valence-corrected chi connectivity index (χ1v) is 28.3. The van der Waals surface area contributed by atoms with Gasteiger partial charge in [-0.2, -0.15) is 0 Å². The van der Waals surface area contributed by atoms with Crippen molar-refractivity contribution in [2.24, 2.45) is 17.5 Å². The van der Waals surface area contributed by atoms with Gasteiger partial charge in [0.15, 0.2) is 0 Å². The number of hydrazine groups is 1. The fourth-order valence-corrected chi connectivity index (χ4v) is 9.75. The number of aromatic nitrogens is 3. The van der Waals surface area contributed by atoms with Gasteiger partial charge in [-0.3, -0.25) is 24.1 Å². The lowest BCUT2D eigenvalue weighted by molar-refractivity contribution is -0.138. The Bertz CT molecular complexity index is 2160. The zero-order valence-electron chi connectivity index (χ0n) is 44.4. The van der Waals surface area contributed by atoms with E-state index in [0.29, 0.717) is 130 Å². The Labute approximate surface area is 448 Å². The molecular formula is C52H82N9O12PS. The van der Waals surface area contributed by atoms with Gasteiger partial charge >= 0.3 is 8.60 Å². The van der Waals surface area contributed by atoms with Crippen LogP contribution in [0.25, 0.3) is 22.5 Å². The predicted molar refractivity (Wildman–Crippen MR) is 291 cm³/mol. The average Bonchev–Trinajstić information content (AvgIpc) is 3.92. The molecular weight excluding hydrogens is 1010 g/mol. The van der Waals surface area contributed by atoms with Gasteiger partial charge < -0.3 is 58.6 Å². The molecule has 2 aliphatic rings. The highest BCUT2D eigenvalue weighted by Gasteiger charge is 2.38. The van der Waals surface area contributed by atoms with Crippen molar-refractivity contribution in [3.63, 3.8) is 0 Å². The smallest absolute Gasteiger partial charge is 0.329 e. The van der Waals surface area contributed by atoms with E-state index in [9.17, 15) is 24.1 Å². The Balaban J connectivity index is 0.000000442. The molecule has 1 saturated heterocycles. The van der Waals surface area contributed by atoms with Crippen LogP contribution in [0, 0.1) is 5.92 Å². The number of unbranched alkanes of at least 4 members (excludes halogenated alkanes) is 3. The van der Waals surface area contributed by atoms with Crippen molar-refractivity contribution in [2.75, 3.05) is 110 Å². The summed E-state index contributed by atoms with van der Waals surface area (Å²) in [5.41, 5.74) is 11.8. The van der Waals surface area contributed by atoms with Crippen LogP contribution < -0.4 is 21.8 Å². The number of hydrogen-bond donors (Lipinski definition) is 4. The molecule has 2 unspecified atom stereocenters. The number of nitrogens with one attached hydrogen (secondary N) is 1. The number of nitrogens with zero attached hydrogens (tertiary/aromatic N) is 6. The number of likely N-dealkylation sites (tertiary alicyclic amines) is 1. The molecule has 1 fully saturated rings. The quantitative estimate of drug-likeness (QED) is 0.0132. The number of hydrogen-bond acceptors (Lipinski definition) is 18. The third-order valence-corrected chi connectivity index (χ3v) is 13.7. The molecule has 5 rings (SSSR count). The number of carbonyl (C=O) groups is 4. The number of thioether (sulfide) groups is 1. The maximum atomic E-state index is 13.3. The van der Waals surface area contributed by atoms with Crippen molar-refractivity contribution in [3.05, 3.63) is 66.0 Å². The molecule has 75 heavy (non-hydrogen) atoms. The minimum Gasteiger partial charge on any atom is -0.401 e. The van der Waals surface area contributed by atoms with Crippen molar-refractivity contribution in [2.45, 2.75) is 97.4 Å². The number of anilines is 1. The Morgan fingerprint density at radius 1 is 0.867 bits per heavy atom. The fourth-order valence-electron chi connectivity index (χ4n) is 7.99. The number of nitrogens with two attached hydrogens (primary N) is 2. The van der Waals surface area contributed by atoms with E-state index in [0.717, 1.165) is 78.0 Å². The van der Waals surface area contributed by atoms with Gasteiger partial charge in [0, 0.05) is 49.0 Å². The first kappa shape index (κ1) is 63.0. The van der Waals surface area contributed by atoms with Crippen molar-refractivity contribution < 1.29 is 56.8 Å². The summed E-state index contributed by atoms with van der Waals surface area (Å²) in [7, 11) is -1.71. The molecule has 3 aromatic rings. The van der Waals surface area contributed by atoms with E-state index in [4.69, 9.17) is 44.3 Å². The third-order valence-electron chi connectivity index (χ3n) is 11.5. The lowest BCUT2D eigenvalue weighted by atomic mass is 9.95. The van der Waals surface area contributed by atoms with E-state index in [2.05, 4.69) is 29.5 Å². The van der Waals surface area contributed by atoms with Crippen molar-refractivity contribution in [1.29, 1.82) is 0 Å². The highest BCUT2D eigenvalue weighted by atomic mass is 32.2. The van der Waals surface area contributed by atoms with Gasteiger partial charge in [-0.05, 0) is 55.9 Å². The number of allylic oxidation sites excluding steroid dienone is 1. The fraction of sp³-hybridized carbons (Fsp3) is 0.615. The molecule has 418 valence electrons. The Morgan fingerprint density at radius 2 is 1.51 bits per heavy atom. The van der Waals surface area contributed by atoms with Crippen LogP contribution in [0.2, 0.25) is 0 Å². The average molecular weight is 1090 g/mol. The molecule has 0 radical (unpaired) electrons. The van der Waals surface area contributed by atoms with Gasteiger partial charge in [0.25, 0.3) is 0 Å². The predicted octanol–water partition coefficient (Wildman–Crippen LogP) is 5.79. The van der Waals surface area contributed by atoms with E-state index in [-0.39, 0.29) is 35.9 Å². The van der Waals surface area contributed by atoms with Crippen molar-refractivity contribution in [1.82, 2.24) is 30.2 Å². The topological polar surface area (TPSA) is 258 Å². The zero-order valence-corrected chi connectivity index (χ0v) is 46.2. The number of ether oxygens (including phenoxy) is 5. The maximum absolute atomic E-state index is 13.3. The standard InChI is InChI=1S/C37H54N8O7.C15H28NO5PS/c1-29(2)25-31(38)27-43(39)13-15-48-17-19-50-21-23-52-24-22-51-20-18-49-16-14-45-37-32-8-4-3-7-30(32)26-44(35(47)11-12-40-28-46)34-10-6-5-9-33(34)36(37)41-42-45;1-3-9-16-14(17)12-13(15(16)18)23-11-8-6-5-7-10-21-22(19)20-4-2/h3-10,27-29H,11-26,38-39H2,1-2H3,(H,40,46);13,19H,3-12H2,1-2H3/b31-27-;. The minimum atomic E-state index is -1.71. The molecule has 6 N–H and O–H groups in total. The van der Waals surface area contributed by atoms with E-state index >= 15 is 0 Å². The Morgan fingerprint density at radius 3 is 2.17 bits per heavy atom. The molecule has 21 nitrogen and oxygen atoms in total. The summed E-state index contributed by atoms with van der Waals surface area (Å²) in [6, 6.07) is 15.7. The van der Waals surface area contributed by atoms with E-state index in [1.807, 2.05) is 67.1 Å². The minimum absolute atomic E-state index is 0.0116. The number of amides is 4. The molecule has 1 aromatic heterocycles. The van der Waals surface area contributed by atoms with Crippen LogP contribution in [0.5, 0.6) is 0 Å². The van der Waals surface area contributed by atoms with Crippen LogP contribution in [0.3, 0.4) is 0 Å². The lowest BCUT2D eigenvalue weighted by Crippen LogP contribution is -2.33. The number of imide groups is 1. The van der Waals surface area contributed by atoms with Crippen LogP contribution in [-0.2, 0) is 65.0 Å². The molecule has 0 aliphatic carbocycles. The molecule has 0 spiro atoms. The maximum Gasteiger partial charge on any atom is 0.329 e. The summed E-state index contributed by atoms with van der Waals surface area (Å²) < 4.78 is 40.1. The van der Waals surface area contributed by atoms with Crippen molar-refractivity contribution in [3.8, 4) is 22.5 Å². The second-order valence-corrected chi connectivity index (χ2v) is 20.2. The van der Waals surface area contributed by atoms with E-state index in [1.165, 1.54) is 4.90 Å². The van der Waals surface area contributed by atoms with E-state index in [1.54, 1.807) is 27.9 Å². The van der Waals surface area contributed by atoms with Gasteiger partial charge in [-0.25, -0.2) is 10.5 Å². The monoisotopic (exact) mass is 1090 g/mol. The summed E-state index contributed by atoms with van der Waals surface area (Å²) in [4.78, 5) is 60.3. The molecule has 4 amide bonds. The number of benzene rings is 2. The Kier molecular flexibility index (Phi) is 31.3. The normalized spacial score (nSPS) is 14.7. The summed E-state index contributed by atoms with van der Waals surface area (Å²) in [5, 5.41) is 13.0. The molecule has 3 heterocycles. The van der Waals surface area contributed by atoms with E-state index < -0.39 is 8.60 Å². The van der Waals surface area contributed by atoms with Crippen molar-refractivity contribution >= 4 is 50.2 Å². The molecule has 0 bridgehead atoms. The van der Waals surface area contributed by atoms with Crippen LogP contribution in [-0.4, -0.2) is 164 Å². The molecule has 2 aliphatic heterocycles. The van der Waals surface area contributed by atoms with Gasteiger partial charge in [-0.1, -0.05) is 81.3 Å². The second kappa shape index (κ2) is 37.2. The summed E-state index contributed by atoms with van der Waals surface area (Å²) >= 11 is 1.60. The van der Waals surface area contributed by atoms with Crippen LogP contribution in [0.1, 0.15) is 84.6 Å². The second-order valence-electron chi connectivity index (χ2n) is 17.9. The van der Waals surface area contributed by atoms with Gasteiger partial charge in [0.05, 0.1) is 116 Å². The van der Waals surface area contributed by atoms with Gasteiger partial charge in [-0.15, -0.1) is 16.9 Å². The molecule has 0 saturated carbocycles. The molecule has 2 aromatic carbocycles. The molecule has 23 heteroatoms. The number of para-hydroxylation sites is 1. The lowest BCUT2D eigenvalue weighted by Gasteiger charge is -2.28.